The van der Waals surface area contributed by atoms with Gasteiger partial charge in [-0.3, -0.25) is 9.69 Å². The van der Waals surface area contributed by atoms with Crippen molar-refractivity contribution in [1.29, 1.82) is 0 Å². The van der Waals surface area contributed by atoms with Gasteiger partial charge in [0, 0.05) is 24.1 Å². The van der Waals surface area contributed by atoms with Gasteiger partial charge in [-0.1, -0.05) is 24.3 Å². The Hall–Kier alpha value is -1.89. The van der Waals surface area contributed by atoms with Gasteiger partial charge in [0.15, 0.2) is 0 Å². The van der Waals surface area contributed by atoms with Crippen molar-refractivity contribution >= 4 is 21.8 Å². The van der Waals surface area contributed by atoms with E-state index in [-0.39, 0.29) is 11.9 Å². The van der Waals surface area contributed by atoms with Crippen molar-refractivity contribution in [2.45, 2.75) is 6.04 Å². The van der Waals surface area contributed by atoms with E-state index in [2.05, 4.69) is 38.3 Å². The van der Waals surface area contributed by atoms with Crippen molar-refractivity contribution in [3.05, 3.63) is 64.1 Å². The maximum absolute atomic E-state index is 12.6. The van der Waals surface area contributed by atoms with Crippen molar-refractivity contribution in [1.82, 2.24) is 10.2 Å². The summed E-state index contributed by atoms with van der Waals surface area (Å²) in [5.41, 5.74) is 1.79. The van der Waals surface area contributed by atoms with Crippen LogP contribution in [0, 0.1) is 0 Å². The van der Waals surface area contributed by atoms with Crippen LogP contribution in [0.15, 0.2) is 53.0 Å². The Morgan fingerprint density at radius 1 is 1.19 bits per heavy atom. The van der Waals surface area contributed by atoms with Crippen LogP contribution in [-0.4, -0.2) is 50.8 Å². The van der Waals surface area contributed by atoms with Crippen LogP contribution in [0.2, 0.25) is 0 Å². The van der Waals surface area contributed by atoms with Crippen molar-refractivity contribution < 1.29 is 14.3 Å². The molecule has 1 amide bonds. The molecule has 1 fully saturated rings. The average molecular weight is 419 g/mol. The third kappa shape index (κ3) is 4.63. The molecule has 138 valence electrons. The highest BCUT2D eigenvalue weighted by molar-refractivity contribution is 9.10. The minimum atomic E-state index is -0.0794. The minimum absolute atomic E-state index is 0.0794. The molecule has 1 aliphatic heterocycles. The molecular formula is C20H23BrN2O3. The van der Waals surface area contributed by atoms with E-state index in [1.807, 2.05) is 36.4 Å². The van der Waals surface area contributed by atoms with E-state index in [9.17, 15) is 4.79 Å². The van der Waals surface area contributed by atoms with Gasteiger partial charge in [0.1, 0.15) is 5.75 Å². The van der Waals surface area contributed by atoms with Crippen LogP contribution in [-0.2, 0) is 4.74 Å². The largest absolute Gasteiger partial charge is 0.497 e. The molecule has 1 heterocycles. The number of nitrogens with zero attached hydrogens (tertiary/aromatic N) is 1. The molecule has 5 nitrogen and oxygen atoms in total. The van der Waals surface area contributed by atoms with Crippen LogP contribution in [0.1, 0.15) is 22.0 Å². The molecule has 0 spiro atoms. The summed E-state index contributed by atoms with van der Waals surface area (Å²) in [6.45, 7) is 3.66. The number of benzene rings is 2. The lowest BCUT2D eigenvalue weighted by Gasteiger charge is -2.35. The first-order valence-corrected chi connectivity index (χ1v) is 9.47. The molecule has 26 heavy (non-hydrogen) atoms. The van der Waals surface area contributed by atoms with E-state index in [1.165, 1.54) is 0 Å². The van der Waals surface area contributed by atoms with Gasteiger partial charge in [-0.15, -0.1) is 0 Å². The summed E-state index contributed by atoms with van der Waals surface area (Å²) in [6.07, 6.45) is 0. The number of morpholine rings is 1. The summed E-state index contributed by atoms with van der Waals surface area (Å²) in [7, 11) is 1.66. The van der Waals surface area contributed by atoms with Crippen LogP contribution < -0.4 is 10.1 Å². The highest BCUT2D eigenvalue weighted by Crippen LogP contribution is 2.24. The first-order valence-electron chi connectivity index (χ1n) is 8.67. The molecule has 0 unspecified atom stereocenters. The minimum Gasteiger partial charge on any atom is -0.497 e. The Morgan fingerprint density at radius 3 is 2.54 bits per heavy atom. The predicted octanol–water partition coefficient (Wildman–Crippen LogP) is 3.26. The zero-order valence-electron chi connectivity index (χ0n) is 14.8. The fourth-order valence-corrected chi connectivity index (χ4v) is 3.57. The maximum atomic E-state index is 12.6. The number of carbonyl (C=O) groups is 1. The van der Waals surface area contributed by atoms with E-state index in [4.69, 9.17) is 9.47 Å². The third-order valence-corrected chi connectivity index (χ3v) is 5.25. The summed E-state index contributed by atoms with van der Waals surface area (Å²) in [5, 5.41) is 3.08. The molecular weight excluding hydrogens is 396 g/mol. The number of nitrogens with one attached hydrogen (secondary N) is 1. The molecule has 0 bridgehead atoms. The maximum Gasteiger partial charge on any atom is 0.252 e. The van der Waals surface area contributed by atoms with E-state index in [0.29, 0.717) is 25.3 Å². The summed E-state index contributed by atoms with van der Waals surface area (Å²) < 4.78 is 11.5. The van der Waals surface area contributed by atoms with Gasteiger partial charge < -0.3 is 14.8 Å². The van der Waals surface area contributed by atoms with Crippen LogP contribution in [0.5, 0.6) is 5.75 Å². The van der Waals surface area contributed by atoms with Crippen LogP contribution >= 0.6 is 15.9 Å². The van der Waals surface area contributed by atoms with Crippen LogP contribution in [0.3, 0.4) is 0 Å². The second-order valence-electron chi connectivity index (χ2n) is 6.13. The molecule has 1 aliphatic rings. The summed E-state index contributed by atoms with van der Waals surface area (Å²) in [4.78, 5) is 14.9. The number of amides is 1. The smallest absolute Gasteiger partial charge is 0.252 e. The quantitative estimate of drug-likeness (QED) is 0.781. The molecule has 0 saturated carbocycles. The Balaban J connectivity index is 1.74. The number of halogens is 1. The molecule has 3 rings (SSSR count). The molecule has 0 aliphatic carbocycles. The van der Waals surface area contributed by atoms with Crippen molar-refractivity contribution in [3.63, 3.8) is 0 Å². The standard InChI is InChI=1S/C20H23BrN2O3/c1-25-16-8-6-15(7-9-16)19(23-10-12-26-13-11-23)14-22-20(24)17-4-2-3-5-18(17)21/h2-9,19H,10-14H2,1H3,(H,22,24)/t19-/m0/s1. The fraction of sp³-hybridized carbons (Fsp3) is 0.350. The molecule has 1 N–H and O–H groups in total. The third-order valence-electron chi connectivity index (χ3n) is 4.56. The van der Waals surface area contributed by atoms with Gasteiger partial charge in [-0.25, -0.2) is 0 Å². The number of hydrogen-bond donors (Lipinski definition) is 1. The number of rotatable bonds is 6. The highest BCUT2D eigenvalue weighted by atomic mass is 79.9. The van der Waals surface area contributed by atoms with Gasteiger partial charge in [-0.2, -0.15) is 0 Å². The van der Waals surface area contributed by atoms with E-state index in [1.54, 1.807) is 7.11 Å². The second-order valence-corrected chi connectivity index (χ2v) is 6.98. The van der Waals surface area contributed by atoms with E-state index >= 15 is 0 Å². The van der Waals surface area contributed by atoms with Crippen LogP contribution in [0.25, 0.3) is 0 Å². The number of ether oxygens (including phenoxy) is 2. The van der Waals surface area contributed by atoms with Crippen LogP contribution in [0.4, 0.5) is 0 Å². The summed E-state index contributed by atoms with van der Waals surface area (Å²) in [6, 6.07) is 15.6. The van der Waals surface area contributed by atoms with Crippen molar-refractivity contribution in [3.8, 4) is 5.75 Å². The lowest BCUT2D eigenvalue weighted by molar-refractivity contribution is 0.0162. The molecule has 2 aromatic carbocycles. The lowest BCUT2D eigenvalue weighted by Crippen LogP contribution is -2.43. The molecule has 0 radical (unpaired) electrons. The number of carbonyl (C=O) groups excluding carboxylic acids is 1. The Bertz CT molecular complexity index is 730. The fourth-order valence-electron chi connectivity index (χ4n) is 3.10. The highest BCUT2D eigenvalue weighted by Gasteiger charge is 2.23. The molecule has 2 aromatic rings. The molecule has 6 heteroatoms. The van der Waals surface area contributed by atoms with Crippen molar-refractivity contribution in [2.75, 3.05) is 40.0 Å². The first kappa shape index (κ1) is 18.9. The lowest BCUT2D eigenvalue weighted by atomic mass is 10.0. The second kappa shape index (κ2) is 9.16. The number of methoxy groups -OCH3 is 1. The first-order chi connectivity index (χ1) is 12.7. The molecule has 1 saturated heterocycles. The zero-order chi connectivity index (χ0) is 18.4. The topological polar surface area (TPSA) is 50.8 Å². The van der Waals surface area contributed by atoms with Gasteiger partial charge in [0.25, 0.3) is 5.91 Å². The Labute approximate surface area is 162 Å². The summed E-state index contributed by atoms with van der Waals surface area (Å²) in [5.74, 6) is 0.746. The van der Waals surface area contributed by atoms with Crippen molar-refractivity contribution in [2.24, 2.45) is 0 Å². The van der Waals surface area contributed by atoms with E-state index in [0.717, 1.165) is 28.9 Å². The summed E-state index contributed by atoms with van der Waals surface area (Å²) >= 11 is 3.44. The van der Waals surface area contributed by atoms with Gasteiger partial charge in [0.2, 0.25) is 0 Å². The Kier molecular flexibility index (Phi) is 6.66. The zero-order valence-corrected chi connectivity index (χ0v) is 16.4. The van der Waals surface area contributed by atoms with Gasteiger partial charge in [0.05, 0.1) is 31.9 Å². The monoisotopic (exact) mass is 418 g/mol. The van der Waals surface area contributed by atoms with Gasteiger partial charge in [-0.05, 0) is 45.8 Å². The molecule has 0 aromatic heterocycles. The average Bonchev–Trinajstić information content (AvgIpc) is 2.69. The predicted molar refractivity (Wildman–Crippen MR) is 105 cm³/mol. The van der Waals surface area contributed by atoms with Gasteiger partial charge >= 0.3 is 0 Å². The molecule has 1 atom stereocenters. The Morgan fingerprint density at radius 2 is 1.88 bits per heavy atom. The normalized spacial score (nSPS) is 16.1. The van der Waals surface area contributed by atoms with E-state index < -0.39 is 0 Å². The SMILES string of the molecule is COc1ccc([C@H](CNC(=O)c2ccccc2Br)N2CCOCC2)cc1. The number of hydrogen-bond acceptors (Lipinski definition) is 4.